The van der Waals surface area contributed by atoms with Gasteiger partial charge in [-0.25, -0.2) is 9.97 Å². The molecule has 3 aliphatic heterocycles. The standard InChI is InChI=1S/C34H41N9O/c1-21(2)30(42-34-36-16-17-37-34)33(44)43-18-4-6-29(43)32-39-20-28(41-32)25-13-9-23(10-14-25)22-7-11-24(12-8-22)27-19-38-31(40-27)26-5-3-15-35-26/h7-14,19-21,26,29-30,35H,3-6,15-18H2,1-2H3,(H,38,40)(H,39,41)(H2,36,37,42)/t26?,29-,30+/m0/s1. The summed E-state index contributed by atoms with van der Waals surface area (Å²) in [5.41, 5.74) is 6.51. The summed E-state index contributed by atoms with van der Waals surface area (Å²) in [5, 5.41) is 10.1. The molecular weight excluding hydrogens is 550 g/mol. The van der Waals surface area contributed by atoms with Crippen molar-refractivity contribution in [1.29, 1.82) is 0 Å². The zero-order valence-corrected chi connectivity index (χ0v) is 25.4. The number of nitrogens with zero attached hydrogens (tertiary/aromatic N) is 4. The van der Waals surface area contributed by atoms with Crippen molar-refractivity contribution >= 4 is 11.9 Å². The van der Waals surface area contributed by atoms with Gasteiger partial charge in [0.15, 0.2) is 5.96 Å². The van der Waals surface area contributed by atoms with Crippen LogP contribution in [0.1, 0.15) is 63.3 Å². The third-order valence-electron chi connectivity index (χ3n) is 9.06. The summed E-state index contributed by atoms with van der Waals surface area (Å²) in [6.07, 6.45) is 8.00. The second-order valence-electron chi connectivity index (χ2n) is 12.4. The van der Waals surface area contributed by atoms with Crippen LogP contribution in [-0.2, 0) is 4.79 Å². The van der Waals surface area contributed by atoms with E-state index in [1.165, 1.54) is 6.42 Å². The highest BCUT2D eigenvalue weighted by Gasteiger charge is 2.37. The Morgan fingerprint density at radius 3 is 2.07 bits per heavy atom. The number of aromatic nitrogens is 4. The van der Waals surface area contributed by atoms with Crippen LogP contribution in [0.3, 0.4) is 0 Å². The fourth-order valence-corrected chi connectivity index (χ4v) is 6.56. The normalized spacial score (nSPS) is 20.6. The molecule has 0 bridgehead atoms. The lowest BCUT2D eigenvalue weighted by molar-refractivity contribution is -0.135. The molecule has 0 aliphatic carbocycles. The topological polar surface area (TPSA) is 126 Å². The molecule has 2 aromatic carbocycles. The van der Waals surface area contributed by atoms with Gasteiger partial charge in [-0.05, 0) is 60.4 Å². The van der Waals surface area contributed by atoms with Crippen molar-refractivity contribution in [2.45, 2.75) is 57.7 Å². The molecule has 228 valence electrons. The lowest BCUT2D eigenvalue weighted by Crippen LogP contribution is -2.53. The van der Waals surface area contributed by atoms with E-state index in [2.05, 4.69) is 98.3 Å². The van der Waals surface area contributed by atoms with Crippen molar-refractivity contribution in [3.05, 3.63) is 72.6 Å². The first-order valence-electron chi connectivity index (χ1n) is 15.9. The molecule has 0 saturated carbocycles. The number of likely N-dealkylation sites (tertiary alicyclic amines) is 1. The molecule has 1 amide bonds. The number of aliphatic imine (C=N–C) groups is 1. The van der Waals surface area contributed by atoms with Crippen LogP contribution >= 0.6 is 0 Å². The fraction of sp³-hybridized carbons (Fsp3) is 0.412. The Balaban J connectivity index is 1.02. The van der Waals surface area contributed by atoms with Gasteiger partial charge < -0.3 is 30.8 Å². The van der Waals surface area contributed by atoms with Crippen molar-refractivity contribution < 1.29 is 4.79 Å². The van der Waals surface area contributed by atoms with E-state index in [9.17, 15) is 4.79 Å². The summed E-state index contributed by atoms with van der Waals surface area (Å²) >= 11 is 0. The predicted octanol–water partition coefficient (Wildman–Crippen LogP) is 4.80. The first kappa shape index (κ1) is 28.3. The molecule has 7 rings (SSSR count). The van der Waals surface area contributed by atoms with Crippen molar-refractivity contribution in [2.24, 2.45) is 10.9 Å². The van der Waals surface area contributed by atoms with Crippen molar-refractivity contribution in [1.82, 2.24) is 40.8 Å². The predicted molar refractivity (Wildman–Crippen MR) is 173 cm³/mol. The van der Waals surface area contributed by atoms with E-state index in [0.29, 0.717) is 6.04 Å². The van der Waals surface area contributed by atoms with E-state index >= 15 is 0 Å². The lowest BCUT2D eigenvalue weighted by atomic mass is 10.0. The number of amides is 1. The number of H-pyrrole nitrogens is 2. The van der Waals surface area contributed by atoms with Gasteiger partial charge >= 0.3 is 0 Å². The number of hydrogen-bond acceptors (Lipinski definition) is 7. The van der Waals surface area contributed by atoms with Crippen LogP contribution < -0.4 is 16.0 Å². The van der Waals surface area contributed by atoms with Gasteiger partial charge in [-0.3, -0.25) is 9.79 Å². The maximum absolute atomic E-state index is 13.7. The van der Waals surface area contributed by atoms with Gasteiger partial charge in [0.1, 0.15) is 17.7 Å². The molecule has 2 aromatic heterocycles. The minimum Gasteiger partial charge on any atom is -0.355 e. The number of nitrogens with one attached hydrogen (secondary N) is 5. The van der Waals surface area contributed by atoms with Gasteiger partial charge in [0, 0.05) is 13.1 Å². The first-order chi connectivity index (χ1) is 21.5. The molecule has 0 spiro atoms. The highest BCUT2D eigenvalue weighted by molar-refractivity contribution is 5.90. The van der Waals surface area contributed by atoms with E-state index in [-0.39, 0.29) is 23.9 Å². The fourth-order valence-electron chi connectivity index (χ4n) is 6.56. The summed E-state index contributed by atoms with van der Waals surface area (Å²) in [7, 11) is 0. The minimum atomic E-state index is -0.331. The van der Waals surface area contributed by atoms with Crippen LogP contribution in [0.4, 0.5) is 0 Å². The number of guanidine groups is 1. The third kappa shape index (κ3) is 5.74. The van der Waals surface area contributed by atoms with Crippen LogP contribution in [-0.4, -0.2) is 68.9 Å². The number of imidazole rings is 2. The van der Waals surface area contributed by atoms with Crippen LogP contribution in [0.2, 0.25) is 0 Å². The minimum absolute atomic E-state index is 0.0593. The molecule has 2 saturated heterocycles. The SMILES string of the molecule is CC(C)[C@@H](NC1=NCCN1)C(=O)N1CCC[C@H]1c1ncc(-c2ccc(-c3ccc(-c4cnc(C5CCCN5)[nH]4)cc3)cc2)[nH]1. The second-order valence-corrected chi connectivity index (χ2v) is 12.4. The molecule has 44 heavy (non-hydrogen) atoms. The number of rotatable bonds is 8. The van der Waals surface area contributed by atoms with E-state index in [0.717, 1.165) is 96.7 Å². The monoisotopic (exact) mass is 591 g/mol. The molecule has 0 radical (unpaired) electrons. The van der Waals surface area contributed by atoms with Crippen LogP contribution in [0, 0.1) is 5.92 Å². The summed E-state index contributed by atoms with van der Waals surface area (Å²) in [6, 6.07) is 17.1. The lowest BCUT2D eigenvalue weighted by Gasteiger charge is -2.30. The Morgan fingerprint density at radius 1 is 0.841 bits per heavy atom. The van der Waals surface area contributed by atoms with Gasteiger partial charge in [-0.15, -0.1) is 0 Å². The van der Waals surface area contributed by atoms with Gasteiger partial charge in [0.2, 0.25) is 5.91 Å². The Morgan fingerprint density at radius 2 is 1.48 bits per heavy atom. The van der Waals surface area contributed by atoms with Gasteiger partial charge in [-0.2, -0.15) is 0 Å². The maximum Gasteiger partial charge on any atom is 0.246 e. The maximum atomic E-state index is 13.7. The average Bonchev–Trinajstić information content (AvgIpc) is 3.89. The Hall–Kier alpha value is -4.44. The summed E-state index contributed by atoms with van der Waals surface area (Å²) in [5.74, 6) is 2.82. The van der Waals surface area contributed by atoms with Gasteiger partial charge in [0.25, 0.3) is 0 Å². The Labute approximate surface area is 258 Å². The van der Waals surface area contributed by atoms with Crippen LogP contribution in [0.15, 0.2) is 65.9 Å². The average molecular weight is 592 g/mol. The molecule has 10 heteroatoms. The number of carbonyl (C=O) groups excluding carboxylic acids is 1. The zero-order chi connectivity index (χ0) is 30.0. The van der Waals surface area contributed by atoms with Crippen molar-refractivity contribution in [3.8, 4) is 33.6 Å². The smallest absolute Gasteiger partial charge is 0.246 e. The van der Waals surface area contributed by atoms with Crippen molar-refractivity contribution in [2.75, 3.05) is 26.2 Å². The highest BCUT2D eigenvalue weighted by Crippen LogP contribution is 2.33. The molecule has 2 fully saturated rings. The Bertz CT molecular complexity index is 1610. The summed E-state index contributed by atoms with van der Waals surface area (Å²) < 4.78 is 0. The molecule has 5 heterocycles. The molecule has 3 atom stereocenters. The molecule has 4 aromatic rings. The molecule has 5 N–H and O–H groups in total. The van der Waals surface area contributed by atoms with E-state index < -0.39 is 0 Å². The third-order valence-corrected chi connectivity index (χ3v) is 9.06. The quantitative estimate of drug-likeness (QED) is 0.201. The summed E-state index contributed by atoms with van der Waals surface area (Å²) in [6.45, 7) is 7.48. The van der Waals surface area contributed by atoms with Gasteiger partial charge in [0.05, 0.1) is 42.4 Å². The number of benzene rings is 2. The van der Waals surface area contributed by atoms with E-state index in [1.807, 2.05) is 17.3 Å². The number of aromatic amines is 2. The Kier molecular flexibility index (Phi) is 7.91. The molecule has 10 nitrogen and oxygen atoms in total. The van der Waals surface area contributed by atoms with Crippen LogP contribution in [0.25, 0.3) is 33.6 Å². The number of hydrogen-bond donors (Lipinski definition) is 5. The zero-order valence-electron chi connectivity index (χ0n) is 25.4. The van der Waals surface area contributed by atoms with E-state index in [1.54, 1.807) is 0 Å². The number of carbonyl (C=O) groups is 1. The van der Waals surface area contributed by atoms with Crippen molar-refractivity contribution in [3.63, 3.8) is 0 Å². The van der Waals surface area contributed by atoms with Crippen LogP contribution in [0.5, 0.6) is 0 Å². The largest absolute Gasteiger partial charge is 0.355 e. The molecule has 1 unspecified atom stereocenters. The van der Waals surface area contributed by atoms with Gasteiger partial charge in [-0.1, -0.05) is 62.4 Å². The summed E-state index contributed by atoms with van der Waals surface area (Å²) in [4.78, 5) is 36.5. The molecular formula is C34H41N9O. The second kappa shape index (κ2) is 12.3. The highest BCUT2D eigenvalue weighted by atomic mass is 16.2. The first-order valence-corrected chi connectivity index (χ1v) is 15.9. The molecule has 3 aliphatic rings. The van der Waals surface area contributed by atoms with E-state index in [4.69, 9.17) is 4.98 Å².